The van der Waals surface area contributed by atoms with E-state index in [2.05, 4.69) is 0 Å². The number of ether oxygens (including phenoxy) is 1. The normalized spacial score (nSPS) is 17.9. The third-order valence-corrected chi connectivity index (χ3v) is 6.80. The monoisotopic (exact) mass is 463 g/mol. The van der Waals surface area contributed by atoms with E-state index in [1.54, 1.807) is 13.1 Å². The molecule has 0 saturated carbocycles. The molecule has 1 aliphatic heterocycles. The standard InChI is InChI=1S/C28H21N3O4/c1-30-26-23(27(33)31(2)28(30)34)21(22-24(29-26)19-10-6-7-11-20(19)25(22)32)16-12-14-18(15-13-16)35-17-8-4-3-5-9-17/h3-15,21-22H,1-2H3/t21-,22+/m1/s1. The first-order chi connectivity index (χ1) is 17.0. The van der Waals surface area contributed by atoms with Crippen LogP contribution in [0, 0.1) is 5.92 Å². The van der Waals surface area contributed by atoms with Gasteiger partial charge in [-0.15, -0.1) is 0 Å². The summed E-state index contributed by atoms with van der Waals surface area (Å²) in [6.07, 6.45) is 0. The topological polar surface area (TPSA) is 82.7 Å². The number of para-hydroxylation sites is 1. The van der Waals surface area contributed by atoms with E-state index in [0.717, 1.165) is 15.7 Å². The summed E-state index contributed by atoms with van der Waals surface area (Å²) in [5.74, 6) is 0.334. The highest BCUT2D eigenvalue weighted by molar-refractivity contribution is 6.30. The second-order valence-corrected chi connectivity index (χ2v) is 8.79. The van der Waals surface area contributed by atoms with Crippen molar-refractivity contribution in [2.75, 3.05) is 0 Å². The summed E-state index contributed by atoms with van der Waals surface area (Å²) < 4.78 is 8.38. The summed E-state index contributed by atoms with van der Waals surface area (Å²) in [7, 11) is 3.05. The largest absolute Gasteiger partial charge is 0.457 e. The SMILES string of the molecule is Cn1c2c(c(=O)n(C)c1=O)[C@H](c1ccc(Oc3ccccc3)cc1)[C@@H]1C(=O)c3ccccc3C1=N2. The Bertz CT molecular complexity index is 1650. The molecule has 0 saturated heterocycles. The van der Waals surface area contributed by atoms with Crippen LogP contribution in [0.1, 0.15) is 33.0 Å². The average molecular weight is 463 g/mol. The van der Waals surface area contributed by atoms with Crippen LogP contribution in [0.5, 0.6) is 11.5 Å². The molecule has 35 heavy (non-hydrogen) atoms. The molecular weight excluding hydrogens is 442 g/mol. The lowest BCUT2D eigenvalue weighted by Crippen LogP contribution is -2.43. The Balaban J connectivity index is 1.54. The molecular formula is C28H21N3O4. The summed E-state index contributed by atoms with van der Waals surface area (Å²) in [6, 6.07) is 24.2. The van der Waals surface area contributed by atoms with Crippen LogP contribution in [0.15, 0.2) is 93.4 Å². The number of carbonyl (C=O) groups excluding carboxylic acids is 1. The van der Waals surface area contributed by atoms with Crippen molar-refractivity contribution in [1.82, 2.24) is 9.13 Å². The fourth-order valence-corrected chi connectivity index (χ4v) is 5.09. The predicted octanol–water partition coefficient (Wildman–Crippen LogP) is 3.96. The zero-order chi connectivity index (χ0) is 24.3. The van der Waals surface area contributed by atoms with Crippen LogP contribution in [0.25, 0.3) is 0 Å². The highest BCUT2D eigenvalue weighted by Gasteiger charge is 2.47. The third-order valence-electron chi connectivity index (χ3n) is 6.80. The first-order valence-corrected chi connectivity index (χ1v) is 11.3. The van der Waals surface area contributed by atoms with Crippen molar-refractivity contribution in [3.8, 4) is 11.5 Å². The molecule has 0 amide bonds. The molecule has 0 radical (unpaired) electrons. The smallest absolute Gasteiger partial charge is 0.332 e. The summed E-state index contributed by atoms with van der Waals surface area (Å²) in [5.41, 5.74) is 2.15. The van der Waals surface area contributed by atoms with Gasteiger partial charge in [-0.25, -0.2) is 9.79 Å². The number of ketones is 1. The van der Waals surface area contributed by atoms with Gasteiger partial charge in [-0.3, -0.25) is 18.7 Å². The lowest BCUT2D eigenvalue weighted by molar-refractivity contribution is 0.0953. The van der Waals surface area contributed by atoms with Gasteiger partial charge in [0.1, 0.15) is 17.3 Å². The maximum atomic E-state index is 13.6. The van der Waals surface area contributed by atoms with Gasteiger partial charge in [0.05, 0.1) is 17.2 Å². The lowest BCUT2D eigenvalue weighted by atomic mass is 9.76. The molecule has 0 bridgehead atoms. The number of aromatic nitrogens is 2. The Morgan fingerprint density at radius 1 is 0.714 bits per heavy atom. The predicted molar refractivity (Wildman–Crippen MR) is 132 cm³/mol. The van der Waals surface area contributed by atoms with Crippen LogP contribution in [-0.2, 0) is 14.1 Å². The molecule has 7 nitrogen and oxygen atoms in total. The van der Waals surface area contributed by atoms with Crippen molar-refractivity contribution in [3.63, 3.8) is 0 Å². The van der Waals surface area contributed by atoms with Gasteiger partial charge in [-0.2, -0.15) is 0 Å². The van der Waals surface area contributed by atoms with E-state index in [1.807, 2.05) is 72.8 Å². The second kappa shape index (κ2) is 7.77. The quantitative estimate of drug-likeness (QED) is 0.461. The Morgan fingerprint density at radius 2 is 1.34 bits per heavy atom. The van der Waals surface area contributed by atoms with Crippen LogP contribution >= 0.6 is 0 Å². The molecule has 2 heterocycles. The second-order valence-electron chi connectivity index (χ2n) is 8.79. The molecule has 2 atom stereocenters. The van der Waals surface area contributed by atoms with E-state index in [4.69, 9.17) is 9.73 Å². The van der Waals surface area contributed by atoms with E-state index in [1.165, 1.54) is 11.6 Å². The maximum absolute atomic E-state index is 13.6. The number of Topliss-reactive ketones (excluding diaryl/α,β-unsaturated/α-hetero) is 1. The summed E-state index contributed by atoms with van der Waals surface area (Å²) in [6.45, 7) is 0. The zero-order valence-electron chi connectivity index (χ0n) is 19.1. The molecule has 0 fully saturated rings. The van der Waals surface area contributed by atoms with Crippen LogP contribution in [0.3, 0.4) is 0 Å². The minimum Gasteiger partial charge on any atom is -0.457 e. The number of hydrogen-bond acceptors (Lipinski definition) is 5. The molecule has 0 unspecified atom stereocenters. The fourth-order valence-electron chi connectivity index (χ4n) is 5.09. The summed E-state index contributed by atoms with van der Waals surface area (Å²) in [4.78, 5) is 44.4. The Hall–Kier alpha value is -4.52. The zero-order valence-corrected chi connectivity index (χ0v) is 19.1. The van der Waals surface area contributed by atoms with Gasteiger partial charge in [-0.05, 0) is 29.8 Å². The van der Waals surface area contributed by atoms with E-state index < -0.39 is 23.1 Å². The van der Waals surface area contributed by atoms with Gasteiger partial charge < -0.3 is 4.74 Å². The number of benzene rings is 3. The first kappa shape index (κ1) is 21.0. The lowest BCUT2D eigenvalue weighted by Gasteiger charge is -2.30. The van der Waals surface area contributed by atoms with Gasteiger partial charge in [0, 0.05) is 31.1 Å². The number of nitrogens with zero attached hydrogens (tertiary/aromatic N) is 3. The highest BCUT2D eigenvalue weighted by Crippen LogP contribution is 2.46. The maximum Gasteiger partial charge on any atom is 0.332 e. The third kappa shape index (κ3) is 3.12. The molecule has 1 aromatic heterocycles. The first-order valence-electron chi connectivity index (χ1n) is 11.3. The van der Waals surface area contributed by atoms with Gasteiger partial charge in [-0.1, -0.05) is 54.6 Å². The molecule has 0 N–H and O–H groups in total. The number of carbonyl (C=O) groups is 1. The molecule has 172 valence electrons. The number of aliphatic imine (C=N–C) groups is 1. The van der Waals surface area contributed by atoms with Crippen molar-refractivity contribution >= 4 is 17.3 Å². The van der Waals surface area contributed by atoms with E-state index in [-0.39, 0.29) is 5.78 Å². The molecule has 3 aromatic carbocycles. The van der Waals surface area contributed by atoms with Crippen molar-refractivity contribution in [1.29, 1.82) is 0 Å². The van der Waals surface area contributed by atoms with E-state index >= 15 is 0 Å². The number of fused-ring (bicyclic) bond motifs is 4. The fraction of sp³-hybridized carbons (Fsp3) is 0.143. The van der Waals surface area contributed by atoms with Crippen LogP contribution in [0.4, 0.5) is 5.82 Å². The van der Waals surface area contributed by atoms with Crippen LogP contribution in [0.2, 0.25) is 0 Å². The Labute approximate surface area is 200 Å². The molecule has 1 aliphatic carbocycles. The summed E-state index contributed by atoms with van der Waals surface area (Å²) in [5, 5.41) is 0. The van der Waals surface area contributed by atoms with E-state index in [9.17, 15) is 14.4 Å². The van der Waals surface area contributed by atoms with Crippen LogP contribution < -0.4 is 16.0 Å². The minimum atomic E-state index is -0.647. The van der Waals surface area contributed by atoms with Crippen molar-refractivity contribution in [3.05, 3.63) is 122 Å². The molecule has 0 spiro atoms. The average Bonchev–Trinajstić information content (AvgIpc) is 3.18. The summed E-state index contributed by atoms with van der Waals surface area (Å²) >= 11 is 0. The van der Waals surface area contributed by atoms with Gasteiger partial charge >= 0.3 is 5.69 Å². The molecule has 7 heteroatoms. The molecule has 6 rings (SSSR count). The number of rotatable bonds is 3. The van der Waals surface area contributed by atoms with Gasteiger partial charge in [0.15, 0.2) is 5.78 Å². The van der Waals surface area contributed by atoms with Gasteiger partial charge in [0.2, 0.25) is 0 Å². The van der Waals surface area contributed by atoms with Crippen LogP contribution in [-0.4, -0.2) is 20.6 Å². The molecule has 4 aromatic rings. The van der Waals surface area contributed by atoms with Crippen molar-refractivity contribution in [2.45, 2.75) is 5.92 Å². The van der Waals surface area contributed by atoms with Crippen molar-refractivity contribution < 1.29 is 9.53 Å². The Kier molecular flexibility index (Phi) is 4.67. The van der Waals surface area contributed by atoms with Gasteiger partial charge in [0.25, 0.3) is 5.56 Å². The highest BCUT2D eigenvalue weighted by atomic mass is 16.5. The number of hydrogen-bond donors (Lipinski definition) is 0. The van der Waals surface area contributed by atoms with E-state index in [0.29, 0.717) is 34.2 Å². The van der Waals surface area contributed by atoms with Crippen molar-refractivity contribution in [2.24, 2.45) is 25.0 Å². The minimum absolute atomic E-state index is 0.0736. The Morgan fingerprint density at radius 3 is 2.06 bits per heavy atom. The molecule has 2 aliphatic rings.